The second-order valence-corrected chi connectivity index (χ2v) is 5.56. The van der Waals surface area contributed by atoms with E-state index in [1.54, 1.807) is 18.2 Å². The van der Waals surface area contributed by atoms with Crippen molar-refractivity contribution in [2.24, 2.45) is 0 Å². The number of benzene rings is 1. The summed E-state index contributed by atoms with van der Waals surface area (Å²) in [5.41, 5.74) is 0.967. The number of rotatable bonds is 3. The van der Waals surface area contributed by atoms with E-state index in [4.69, 9.17) is 9.47 Å². The van der Waals surface area contributed by atoms with Crippen molar-refractivity contribution < 1.29 is 19.0 Å². The van der Waals surface area contributed by atoms with Gasteiger partial charge in [0.1, 0.15) is 0 Å². The third-order valence-corrected chi connectivity index (χ3v) is 3.89. The Balaban J connectivity index is 1.71. The number of amides is 1. The van der Waals surface area contributed by atoms with Gasteiger partial charge in [0.05, 0.1) is 3.57 Å². The van der Waals surface area contributed by atoms with Crippen LogP contribution in [0.4, 0.5) is 0 Å². The SMILES string of the molecule is O=C(NCc1ccc2c(c1)OCO2)c1c(I)ccc[n+]1[O-]. The summed E-state index contributed by atoms with van der Waals surface area (Å²) in [5.74, 6) is 0.947. The molecule has 2 heterocycles. The van der Waals surface area contributed by atoms with Crippen molar-refractivity contribution in [2.75, 3.05) is 6.79 Å². The van der Waals surface area contributed by atoms with Crippen LogP contribution in [0, 0.1) is 8.78 Å². The zero-order chi connectivity index (χ0) is 14.8. The molecule has 1 amide bonds. The van der Waals surface area contributed by atoms with Gasteiger partial charge in [-0.05, 0) is 46.4 Å². The van der Waals surface area contributed by atoms with Crippen LogP contribution in [-0.2, 0) is 6.54 Å². The lowest BCUT2D eigenvalue weighted by molar-refractivity contribution is -0.608. The maximum atomic E-state index is 12.1. The molecule has 1 aromatic heterocycles. The Morgan fingerprint density at radius 1 is 1.33 bits per heavy atom. The number of aromatic nitrogens is 1. The highest BCUT2D eigenvalue weighted by molar-refractivity contribution is 14.1. The van der Waals surface area contributed by atoms with E-state index in [0.29, 0.717) is 26.3 Å². The van der Waals surface area contributed by atoms with Crippen molar-refractivity contribution in [3.8, 4) is 11.5 Å². The van der Waals surface area contributed by atoms with E-state index in [2.05, 4.69) is 5.32 Å². The predicted octanol–water partition coefficient (Wildman–Crippen LogP) is 1.58. The number of nitrogens with zero attached hydrogens (tertiary/aromatic N) is 1. The molecule has 0 fully saturated rings. The summed E-state index contributed by atoms with van der Waals surface area (Å²) in [6, 6.07) is 8.76. The van der Waals surface area contributed by atoms with Gasteiger partial charge in [0, 0.05) is 12.6 Å². The Labute approximate surface area is 134 Å². The number of fused-ring (bicyclic) bond motifs is 1. The van der Waals surface area contributed by atoms with E-state index in [0.717, 1.165) is 5.56 Å². The van der Waals surface area contributed by atoms with Gasteiger partial charge >= 0.3 is 5.91 Å². The first kappa shape index (κ1) is 13.9. The lowest BCUT2D eigenvalue weighted by Crippen LogP contribution is -2.40. The molecule has 2 aromatic rings. The topological polar surface area (TPSA) is 74.5 Å². The summed E-state index contributed by atoms with van der Waals surface area (Å²) in [6.45, 7) is 0.518. The normalized spacial score (nSPS) is 12.2. The number of hydrogen-bond acceptors (Lipinski definition) is 4. The summed E-state index contributed by atoms with van der Waals surface area (Å²) >= 11 is 1.96. The number of carbonyl (C=O) groups excluding carboxylic acids is 1. The molecule has 0 saturated carbocycles. The van der Waals surface area contributed by atoms with Crippen molar-refractivity contribution in [1.29, 1.82) is 0 Å². The molecule has 0 atom stereocenters. The number of ether oxygens (including phenoxy) is 2. The van der Waals surface area contributed by atoms with Crippen LogP contribution in [0.15, 0.2) is 36.5 Å². The molecule has 0 unspecified atom stereocenters. The summed E-state index contributed by atoms with van der Waals surface area (Å²) in [6.07, 6.45) is 1.30. The highest BCUT2D eigenvalue weighted by atomic mass is 127. The zero-order valence-electron chi connectivity index (χ0n) is 10.8. The van der Waals surface area contributed by atoms with Crippen molar-refractivity contribution >= 4 is 28.5 Å². The maximum absolute atomic E-state index is 12.1. The minimum Gasteiger partial charge on any atom is -0.618 e. The zero-order valence-corrected chi connectivity index (χ0v) is 13.0. The summed E-state index contributed by atoms with van der Waals surface area (Å²) in [4.78, 5) is 12.1. The van der Waals surface area contributed by atoms with Crippen molar-refractivity contribution in [1.82, 2.24) is 5.32 Å². The van der Waals surface area contributed by atoms with Gasteiger partial charge in [-0.25, -0.2) is 0 Å². The first-order chi connectivity index (χ1) is 10.1. The standard InChI is InChI=1S/C14H11IN2O4/c15-10-2-1-5-17(19)13(10)14(18)16-7-9-3-4-11-12(6-9)21-8-20-11/h1-6H,7-8H2,(H,16,18). The van der Waals surface area contributed by atoms with Gasteiger partial charge < -0.3 is 20.0 Å². The molecule has 108 valence electrons. The van der Waals surface area contributed by atoms with Crippen LogP contribution >= 0.6 is 22.6 Å². The van der Waals surface area contributed by atoms with Gasteiger partial charge in [0.15, 0.2) is 17.7 Å². The van der Waals surface area contributed by atoms with Gasteiger partial charge in [0.25, 0.3) is 5.69 Å². The third-order valence-electron chi connectivity index (χ3n) is 3.02. The quantitative estimate of drug-likeness (QED) is 0.484. The second-order valence-electron chi connectivity index (χ2n) is 4.40. The number of nitrogens with one attached hydrogen (secondary N) is 1. The van der Waals surface area contributed by atoms with Gasteiger partial charge in [0.2, 0.25) is 6.79 Å². The molecule has 1 N–H and O–H groups in total. The smallest absolute Gasteiger partial charge is 0.318 e. The van der Waals surface area contributed by atoms with E-state index in [1.165, 1.54) is 6.20 Å². The van der Waals surface area contributed by atoms with E-state index in [-0.39, 0.29) is 12.5 Å². The van der Waals surface area contributed by atoms with Gasteiger partial charge in [-0.15, -0.1) is 0 Å². The Bertz CT molecular complexity index is 685. The van der Waals surface area contributed by atoms with E-state index >= 15 is 0 Å². The van der Waals surface area contributed by atoms with Crippen LogP contribution in [0.5, 0.6) is 11.5 Å². The van der Waals surface area contributed by atoms with Crippen LogP contribution in [0.2, 0.25) is 0 Å². The summed E-state index contributed by atoms with van der Waals surface area (Å²) in [5, 5.41) is 14.4. The summed E-state index contributed by atoms with van der Waals surface area (Å²) in [7, 11) is 0. The predicted molar refractivity (Wildman–Crippen MR) is 81.9 cm³/mol. The van der Waals surface area contributed by atoms with Crippen molar-refractivity contribution in [2.45, 2.75) is 6.54 Å². The molecule has 21 heavy (non-hydrogen) atoms. The molecular formula is C14H11IN2O4. The van der Waals surface area contributed by atoms with Crippen LogP contribution in [0.1, 0.15) is 16.1 Å². The van der Waals surface area contributed by atoms with Gasteiger partial charge in [-0.3, -0.25) is 4.79 Å². The highest BCUT2D eigenvalue weighted by Gasteiger charge is 2.20. The number of halogens is 1. The highest BCUT2D eigenvalue weighted by Crippen LogP contribution is 2.32. The monoisotopic (exact) mass is 398 g/mol. The lowest BCUT2D eigenvalue weighted by Gasteiger charge is -2.08. The Hall–Kier alpha value is -2.03. The fraction of sp³-hybridized carbons (Fsp3) is 0.143. The molecule has 3 rings (SSSR count). The summed E-state index contributed by atoms with van der Waals surface area (Å²) < 4.78 is 11.7. The average molecular weight is 398 g/mol. The van der Waals surface area contributed by atoms with Crippen molar-refractivity contribution in [3.63, 3.8) is 0 Å². The van der Waals surface area contributed by atoms with Crippen LogP contribution in [-0.4, -0.2) is 12.7 Å². The minimum atomic E-state index is -0.410. The third kappa shape index (κ3) is 2.87. The molecule has 7 heteroatoms. The lowest BCUT2D eigenvalue weighted by atomic mass is 10.2. The maximum Gasteiger partial charge on any atom is 0.318 e. The van der Waals surface area contributed by atoms with Crippen LogP contribution in [0.3, 0.4) is 0 Å². The van der Waals surface area contributed by atoms with Crippen molar-refractivity contribution in [3.05, 3.63) is 56.6 Å². The number of carbonyl (C=O) groups is 1. The Morgan fingerprint density at radius 2 is 2.14 bits per heavy atom. The number of pyridine rings is 1. The fourth-order valence-electron chi connectivity index (χ4n) is 1.99. The largest absolute Gasteiger partial charge is 0.618 e. The minimum absolute atomic E-state index is 0.0962. The Kier molecular flexibility index (Phi) is 3.82. The molecule has 1 aliphatic heterocycles. The Morgan fingerprint density at radius 3 is 2.95 bits per heavy atom. The molecule has 1 aromatic carbocycles. The fourth-order valence-corrected chi connectivity index (χ4v) is 2.68. The van der Waals surface area contributed by atoms with Crippen LogP contribution < -0.4 is 19.5 Å². The first-order valence-electron chi connectivity index (χ1n) is 6.19. The second kappa shape index (κ2) is 5.76. The molecule has 0 radical (unpaired) electrons. The molecular weight excluding hydrogens is 387 g/mol. The average Bonchev–Trinajstić information content (AvgIpc) is 2.92. The van der Waals surface area contributed by atoms with Crippen LogP contribution in [0.25, 0.3) is 0 Å². The first-order valence-corrected chi connectivity index (χ1v) is 7.27. The van der Waals surface area contributed by atoms with E-state index < -0.39 is 5.91 Å². The molecule has 0 aliphatic carbocycles. The molecule has 0 saturated heterocycles. The molecule has 0 spiro atoms. The van der Waals surface area contributed by atoms with E-state index in [1.807, 2.05) is 34.7 Å². The molecule has 1 aliphatic rings. The molecule has 0 bridgehead atoms. The molecule has 6 nitrogen and oxygen atoms in total. The van der Waals surface area contributed by atoms with E-state index in [9.17, 15) is 10.0 Å². The number of hydrogen-bond donors (Lipinski definition) is 1. The van der Waals surface area contributed by atoms with Gasteiger partial charge in [-0.1, -0.05) is 6.07 Å². The van der Waals surface area contributed by atoms with Gasteiger partial charge in [-0.2, -0.15) is 4.73 Å².